The normalized spacial score (nSPS) is 11.7. The molecular formula is C43H26N6. The van der Waals surface area contributed by atoms with E-state index in [1.165, 1.54) is 0 Å². The van der Waals surface area contributed by atoms with Gasteiger partial charge in [-0.2, -0.15) is 0 Å². The zero-order valence-corrected chi connectivity index (χ0v) is 26.2. The standard InChI is InChI=1S/C43H26N6/c1-3-10-29(11-4-1)40-46-41(30-12-5-2-6-13-30)48-42(47-40)31-19-17-27(18-20-31)32-22-23-33-37(26-32)49-36-16-8-7-15-35(36)45-43(49)34-24-21-28-14-9-25-44-39(28)38(33)34/h1-26H. The lowest BCUT2D eigenvalue weighted by molar-refractivity contribution is 1.07. The summed E-state index contributed by atoms with van der Waals surface area (Å²) >= 11 is 0. The molecule has 0 fully saturated rings. The maximum atomic E-state index is 5.12. The summed E-state index contributed by atoms with van der Waals surface area (Å²) in [6.45, 7) is 0. The van der Waals surface area contributed by atoms with Crippen LogP contribution in [0.25, 0.3) is 94.5 Å². The number of pyridine rings is 2. The molecule has 10 rings (SSSR count). The van der Waals surface area contributed by atoms with Gasteiger partial charge in [-0.25, -0.2) is 19.9 Å². The number of fused-ring (bicyclic) bond motifs is 10. The van der Waals surface area contributed by atoms with Gasteiger partial charge in [-0.15, -0.1) is 0 Å². The monoisotopic (exact) mass is 626 g/mol. The van der Waals surface area contributed by atoms with Gasteiger partial charge in [0.15, 0.2) is 17.5 Å². The predicted molar refractivity (Wildman–Crippen MR) is 198 cm³/mol. The first-order valence-corrected chi connectivity index (χ1v) is 16.3. The van der Waals surface area contributed by atoms with Gasteiger partial charge < -0.3 is 0 Å². The molecule has 6 heteroatoms. The Hall–Kier alpha value is -6.79. The maximum absolute atomic E-state index is 5.12. The molecule has 6 aromatic carbocycles. The van der Waals surface area contributed by atoms with Gasteiger partial charge in [0, 0.05) is 44.4 Å². The topological polar surface area (TPSA) is 68.9 Å². The van der Waals surface area contributed by atoms with E-state index in [0.717, 1.165) is 77.1 Å². The van der Waals surface area contributed by atoms with Crippen molar-refractivity contribution in [3.8, 4) is 45.3 Å². The zero-order chi connectivity index (χ0) is 32.3. The summed E-state index contributed by atoms with van der Waals surface area (Å²) in [4.78, 5) is 24.6. The predicted octanol–water partition coefficient (Wildman–Crippen LogP) is 10.2. The lowest BCUT2D eigenvalue weighted by atomic mass is 9.98. The Morgan fingerprint density at radius 1 is 0.408 bits per heavy atom. The summed E-state index contributed by atoms with van der Waals surface area (Å²) in [6, 6.07) is 52.1. The van der Waals surface area contributed by atoms with Crippen molar-refractivity contribution < 1.29 is 0 Å². The second-order valence-corrected chi connectivity index (χ2v) is 12.2. The molecule has 0 aliphatic heterocycles. The van der Waals surface area contributed by atoms with E-state index in [4.69, 9.17) is 24.9 Å². The van der Waals surface area contributed by atoms with Crippen LogP contribution < -0.4 is 0 Å². The van der Waals surface area contributed by atoms with Crippen LogP contribution >= 0.6 is 0 Å². The van der Waals surface area contributed by atoms with Crippen molar-refractivity contribution in [1.82, 2.24) is 29.3 Å². The minimum Gasteiger partial charge on any atom is -0.292 e. The second-order valence-electron chi connectivity index (χ2n) is 12.2. The van der Waals surface area contributed by atoms with E-state index in [0.29, 0.717) is 17.5 Å². The molecule has 4 aromatic heterocycles. The number of imidazole rings is 1. The number of para-hydroxylation sites is 2. The minimum absolute atomic E-state index is 0.634. The summed E-state index contributed by atoms with van der Waals surface area (Å²) in [5.41, 5.74) is 10.1. The van der Waals surface area contributed by atoms with Crippen LogP contribution in [0.2, 0.25) is 0 Å². The first-order valence-electron chi connectivity index (χ1n) is 16.3. The van der Waals surface area contributed by atoms with Crippen molar-refractivity contribution in [2.45, 2.75) is 0 Å². The number of hydrogen-bond acceptors (Lipinski definition) is 5. The van der Waals surface area contributed by atoms with Crippen molar-refractivity contribution >= 4 is 49.3 Å². The number of benzene rings is 6. The van der Waals surface area contributed by atoms with Gasteiger partial charge in [-0.3, -0.25) is 9.38 Å². The molecule has 6 nitrogen and oxygen atoms in total. The molecule has 10 aromatic rings. The van der Waals surface area contributed by atoms with Gasteiger partial charge in [0.05, 0.1) is 22.1 Å². The van der Waals surface area contributed by atoms with Gasteiger partial charge in [-0.1, -0.05) is 121 Å². The van der Waals surface area contributed by atoms with Gasteiger partial charge in [0.25, 0.3) is 0 Å². The second kappa shape index (κ2) is 10.9. The van der Waals surface area contributed by atoms with Crippen LogP contribution in [0.1, 0.15) is 0 Å². The van der Waals surface area contributed by atoms with Crippen LogP contribution in [-0.2, 0) is 0 Å². The van der Waals surface area contributed by atoms with Crippen LogP contribution in [0.4, 0.5) is 0 Å². The van der Waals surface area contributed by atoms with Gasteiger partial charge >= 0.3 is 0 Å². The number of hydrogen-bond donors (Lipinski definition) is 0. The summed E-state index contributed by atoms with van der Waals surface area (Å²) in [6.07, 6.45) is 1.87. The molecule has 228 valence electrons. The van der Waals surface area contributed by atoms with Crippen LogP contribution in [-0.4, -0.2) is 29.3 Å². The lowest BCUT2D eigenvalue weighted by Gasteiger charge is -2.13. The van der Waals surface area contributed by atoms with Crippen LogP contribution in [0, 0.1) is 0 Å². The van der Waals surface area contributed by atoms with E-state index in [-0.39, 0.29) is 0 Å². The van der Waals surface area contributed by atoms with Crippen molar-refractivity contribution in [1.29, 1.82) is 0 Å². The third-order valence-electron chi connectivity index (χ3n) is 9.26. The number of aromatic nitrogens is 6. The molecule has 0 saturated carbocycles. The van der Waals surface area contributed by atoms with E-state index in [9.17, 15) is 0 Å². The largest absolute Gasteiger partial charge is 0.292 e. The molecule has 0 amide bonds. The highest BCUT2D eigenvalue weighted by molar-refractivity contribution is 6.23. The zero-order valence-electron chi connectivity index (χ0n) is 26.2. The van der Waals surface area contributed by atoms with Gasteiger partial charge in [0.2, 0.25) is 0 Å². The third kappa shape index (κ3) is 4.46. The van der Waals surface area contributed by atoms with Crippen molar-refractivity contribution in [3.63, 3.8) is 0 Å². The summed E-state index contributed by atoms with van der Waals surface area (Å²) in [5, 5.41) is 4.47. The van der Waals surface area contributed by atoms with Crippen LogP contribution in [0.15, 0.2) is 158 Å². The SMILES string of the molecule is c1ccc(-c2nc(-c3ccccc3)nc(-c3ccc(-c4ccc5c6c(ccc7cccnc76)c6nc7ccccc7n6c5c4)cc3)n2)cc1. The Labute approximate surface area is 281 Å². The lowest BCUT2D eigenvalue weighted by Crippen LogP contribution is -2.00. The molecular weight excluding hydrogens is 601 g/mol. The fourth-order valence-electron chi connectivity index (χ4n) is 6.91. The highest BCUT2D eigenvalue weighted by Gasteiger charge is 2.17. The molecule has 0 spiro atoms. The molecule has 0 saturated heterocycles. The smallest absolute Gasteiger partial charge is 0.164 e. The Morgan fingerprint density at radius 3 is 1.71 bits per heavy atom. The molecule has 0 bridgehead atoms. The quantitative estimate of drug-likeness (QED) is 0.182. The third-order valence-corrected chi connectivity index (χ3v) is 9.26. The molecule has 49 heavy (non-hydrogen) atoms. The summed E-state index contributed by atoms with van der Waals surface area (Å²) < 4.78 is 2.29. The Morgan fingerprint density at radius 2 is 1.00 bits per heavy atom. The minimum atomic E-state index is 0.634. The highest BCUT2D eigenvalue weighted by Crippen LogP contribution is 2.38. The van der Waals surface area contributed by atoms with Crippen LogP contribution in [0.5, 0.6) is 0 Å². The Bertz CT molecular complexity index is 2800. The molecule has 0 N–H and O–H groups in total. The molecule has 0 unspecified atom stereocenters. The molecule has 0 aliphatic carbocycles. The maximum Gasteiger partial charge on any atom is 0.164 e. The van der Waals surface area contributed by atoms with Gasteiger partial charge in [-0.05, 0) is 41.5 Å². The molecule has 0 radical (unpaired) electrons. The van der Waals surface area contributed by atoms with Crippen molar-refractivity contribution in [2.24, 2.45) is 0 Å². The number of nitrogens with zero attached hydrogens (tertiary/aromatic N) is 6. The summed E-state index contributed by atoms with van der Waals surface area (Å²) in [7, 11) is 0. The molecule has 0 atom stereocenters. The summed E-state index contributed by atoms with van der Waals surface area (Å²) in [5.74, 6) is 1.93. The van der Waals surface area contributed by atoms with E-state index in [1.54, 1.807) is 0 Å². The van der Waals surface area contributed by atoms with E-state index in [2.05, 4.69) is 83.3 Å². The van der Waals surface area contributed by atoms with Crippen molar-refractivity contribution in [3.05, 3.63) is 158 Å². The average molecular weight is 627 g/mol. The fraction of sp³-hybridized carbons (Fsp3) is 0. The van der Waals surface area contributed by atoms with Crippen LogP contribution in [0.3, 0.4) is 0 Å². The average Bonchev–Trinajstić information content (AvgIpc) is 3.58. The van der Waals surface area contributed by atoms with E-state index < -0.39 is 0 Å². The fourth-order valence-corrected chi connectivity index (χ4v) is 6.91. The van der Waals surface area contributed by atoms with Gasteiger partial charge in [0.1, 0.15) is 5.65 Å². The Balaban J connectivity index is 1.14. The first kappa shape index (κ1) is 27.3. The Kier molecular flexibility index (Phi) is 6.08. The van der Waals surface area contributed by atoms with E-state index in [1.807, 2.05) is 79.0 Å². The molecule has 4 heterocycles. The molecule has 0 aliphatic rings. The highest BCUT2D eigenvalue weighted by atomic mass is 15.0. The number of rotatable bonds is 4. The first-order chi connectivity index (χ1) is 24.3. The van der Waals surface area contributed by atoms with Crippen molar-refractivity contribution in [2.75, 3.05) is 0 Å². The van der Waals surface area contributed by atoms with E-state index >= 15 is 0 Å².